The van der Waals surface area contributed by atoms with Gasteiger partial charge in [-0.25, -0.2) is 9.67 Å². The van der Waals surface area contributed by atoms with Crippen LogP contribution in [0, 0.1) is 0 Å². The Labute approximate surface area is 228 Å². The second-order valence-electron chi connectivity index (χ2n) is 9.23. The first-order valence-corrected chi connectivity index (χ1v) is 12.8. The minimum absolute atomic E-state index is 0.0220. The van der Waals surface area contributed by atoms with Gasteiger partial charge in [0.15, 0.2) is 11.5 Å². The Morgan fingerprint density at radius 3 is 2.35 bits per heavy atom. The van der Waals surface area contributed by atoms with Gasteiger partial charge in [-0.05, 0) is 67.3 Å². The van der Waals surface area contributed by atoms with Gasteiger partial charge in [-0.15, -0.1) is 5.10 Å². The third-order valence-corrected chi connectivity index (χ3v) is 6.48. The molecule has 11 heteroatoms. The zero-order chi connectivity index (χ0) is 28.3. The fourth-order valence-electron chi connectivity index (χ4n) is 4.49. The maximum atomic E-state index is 13.5. The van der Waals surface area contributed by atoms with E-state index >= 15 is 0 Å². The predicted octanol–water partition coefficient (Wildman–Crippen LogP) is 5.84. The number of nitrogens with one attached hydrogen (secondary N) is 1. The summed E-state index contributed by atoms with van der Waals surface area (Å²) >= 11 is 0. The molecule has 0 atom stereocenters. The van der Waals surface area contributed by atoms with Gasteiger partial charge in [0.25, 0.3) is 11.8 Å². The average molecular weight is 550 g/mol. The van der Waals surface area contributed by atoms with Crippen LogP contribution in [-0.2, 0) is 6.18 Å². The molecule has 0 saturated carbocycles. The van der Waals surface area contributed by atoms with Crippen LogP contribution < -0.4 is 10.1 Å². The van der Waals surface area contributed by atoms with Crippen molar-refractivity contribution in [2.45, 2.75) is 25.9 Å². The summed E-state index contributed by atoms with van der Waals surface area (Å²) in [6.07, 6.45) is -1.35. The van der Waals surface area contributed by atoms with E-state index in [1.807, 2.05) is 23.1 Å². The van der Waals surface area contributed by atoms with Crippen LogP contribution in [0.5, 0.6) is 5.88 Å². The molecular formula is C29H26F3N5O3. The number of anilines is 1. The van der Waals surface area contributed by atoms with E-state index < -0.39 is 17.8 Å². The molecule has 0 unspecified atom stereocenters. The zero-order valence-electron chi connectivity index (χ0n) is 21.6. The highest BCUT2D eigenvalue weighted by Gasteiger charge is 2.37. The minimum Gasteiger partial charge on any atom is -0.477 e. The van der Waals surface area contributed by atoms with Crippen molar-refractivity contribution in [1.82, 2.24) is 19.7 Å². The highest BCUT2D eigenvalue weighted by atomic mass is 19.4. The van der Waals surface area contributed by atoms with E-state index in [9.17, 15) is 22.8 Å². The molecule has 1 fully saturated rings. The number of halogens is 3. The summed E-state index contributed by atoms with van der Waals surface area (Å²) in [5, 5.41) is 6.56. The van der Waals surface area contributed by atoms with Crippen LogP contribution >= 0.6 is 0 Å². The van der Waals surface area contributed by atoms with Gasteiger partial charge < -0.3 is 15.0 Å². The van der Waals surface area contributed by atoms with E-state index in [1.54, 1.807) is 37.3 Å². The number of nitrogens with zero attached hydrogens (tertiary/aromatic N) is 4. The molecule has 40 heavy (non-hydrogen) atoms. The Kier molecular flexibility index (Phi) is 7.54. The topological polar surface area (TPSA) is 89.4 Å². The largest absolute Gasteiger partial charge is 0.477 e. The Bertz CT molecular complexity index is 1510. The van der Waals surface area contributed by atoms with Gasteiger partial charge in [0.1, 0.15) is 0 Å². The van der Waals surface area contributed by atoms with Crippen LogP contribution in [0.4, 0.5) is 18.9 Å². The number of likely N-dealkylation sites (tertiary alicyclic amines) is 1. The highest BCUT2D eigenvalue weighted by Crippen LogP contribution is 2.33. The van der Waals surface area contributed by atoms with E-state index in [1.165, 1.54) is 18.3 Å². The molecule has 0 spiro atoms. The van der Waals surface area contributed by atoms with E-state index in [0.717, 1.165) is 43.1 Å². The summed E-state index contributed by atoms with van der Waals surface area (Å²) in [7, 11) is 0. The lowest BCUT2D eigenvalue weighted by Gasteiger charge is -2.15. The van der Waals surface area contributed by atoms with Crippen LogP contribution in [0.2, 0.25) is 0 Å². The number of benzene rings is 2. The van der Waals surface area contributed by atoms with Crippen molar-refractivity contribution >= 4 is 17.5 Å². The molecule has 5 rings (SSSR count). The van der Waals surface area contributed by atoms with Crippen molar-refractivity contribution in [2.24, 2.45) is 0 Å². The molecule has 3 heterocycles. The normalized spacial score (nSPS) is 13.3. The number of carbonyl (C=O) groups is 2. The van der Waals surface area contributed by atoms with Crippen LogP contribution in [0.1, 0.15) is 46.2 Å². The Morgan fingerprint density at radius 2 is 1.70 bits per heavy atom. The molecule has 2 aromatic carbocycles. The number of aromatic nitrogens is 3. The number of hydrogen-bond donors (Lipinski definition) is 1. The summed E-state index contributed by atoms with van der Waals surface area (Å²) < 4.78 is 46.2. The summed E-state index contributed by atoms with van der Waals surface area (Å²) in [6, 6.07) is 17.9. The van der Waals surface area contributed by atoms with Crippen LogP contribution in [-0.4, -0.2) is 51.2 Å². The third-order valence-electron chi connectivity index (χ3n) is 6.48. The van der Waals surface area contributed by atoms with Crippen LogP contribution in [0.3, 0.4) is 0 Å². The minimum atomic E-state index is -4.66. The molecule has 1 saturated heterocycles. The van der Waals surface area contributed by atoms with Crippen molar-refractivity contribution in [3.05, 3.63) is 89.7 Å². The molecule has 1 aliphatic heterocycles. The van der Waals surface area contributed by atoms with Crippen LogP contribution in [0.25, 0.3) is 16.9 Å². The molecular weight excluding hydrogens is 523 g/mol. The second-order valence-corrected chi connectivity index (χ2v) is 9.23. The molecule has 4 aromatic rings. The highest BCUT2D eigenvalue weighted by molar-refractivity contribution is 6.05. The maximum absolute atomic E-state index is 13.5. The molecule has 0 radical (unpaired) electrons. The third kappa shape index (κ3) is 5.83. The van der Waals surface area contributed by atoms with Gasteiger partial charge in [0.2, 0.25) is 5.88 Å². The molecule has 2 amide bonds. The first kappa shape index (κ1) is 26.9. The smallest absolute Gasteiger partial charge is 0.433 e. The van der Waals surface area contributed by atoms with Crippen molar-refractivity contribution in [1.29, 1.82) is 0 Å². The lowest BCUT2D eigenvalue weighted by atomic mass is 10.0. The standard InChI is InChI=1S/C29H26F3N5O3/c1-2-40-26-17-24(29(30,31)32)37(35-26)25-13-12-23(18-33-25)34-27(38)22-7-5-6-21(16-22)19-8-10-20(11-9-19)28(39)36-14-3-4-15-36/h5-13,16-18H,2-4,14-15H2,1H3,(H,34,38). The molecule has 2 aromatic heterocycles. The van der Waals surface area contributed by atoms with E-state index in [4.69, 9.17) is 4.74 Å². The van der Waals surface area contributed by atoms with Gasteiger partial charge in [0, 0.05) is 30.3 Å². The number of ether oxygens (including phenoxy) is 1. The van der Waals surface area contributed by atoms with Crippen molar-refractivity contribution in [3.8, 4) is 22.8 Å². The summed E-state index contributed by atoms with van der Waals surface area (Å²) in [5.74, 6) is -0.633. The number of rotatable bonds is 7. The van der Waals surface area contributed by atoms with Crippen LogP contribution in [0.15, 0.2) is 72.9 Å². The number of amides is 2. The van der Waals surface area contributed by atoms with Gasteiger partial charge in [-0.1, -0.05) is 24.3 Å². The van der Waals surface area contributed by atoms with E-state index in [2.05, 4.69) is 15.4 Å². The quantitative estimate of drug-likeness (QED) is 0.313. The number of pyridine rings is 1. The van der Waals surface area contributed by atoms with Gasteiger partial charge in [-0.3, -0.25) is 9.59 Å². The second kappa shape index (κ2) is 11.2. The lowest BCUT2D eigenvalue weighted by molar-refractivity contribution is -0.142. The van der Waals surface area contributed by atoms with Gasteiger partial charge >= 0.3 is 6.18 Å². The first-order chi connectivity index (χ1) is 19.2. The number of alkyl halides is 3. The lowest BCUT2D eigenvalue weighted by Crippen LogP contribution is -2.27. The van der Waals surface area contributed by atoms with Crippen molar-refractivity contribution in [3.63, 3.8) is 0 Å². The summed E-state index contributed by atoms with van der Waals surface area (Å²) in [5.41, 5.74) is 1.93. The maximum Gasteiger partial charge on any atom is 0.433 e. The SMILES string of the molecule is CCOc1cc(C(F)(F)F)n(-c2ccc(NC(=O)c3cccc(-c4ccc(C(=O)N5CCCC5)cc4)c3)cn2)n1. The van der Waals surface area contributed by atoms with E-state index in [0.29, 0.717) is 21.5 Å². The molecule has 0 bridgehead atoms. The summed E-state index contributed by atoms with van der Waals surface area (Å²) in [6.45, 7) is 3.37. The van der Waals surface area contributed by atoms with E-state index in [-0.39, 0.29) is 24.2 Å². The Hall–Kier alpha value is -4.67. The molecule has 1 aliphatic rings. The number of hydrogen-bond acceptors (Lipinski definition) is 5. The zero-order valence-corrected chi connectivity index (χ0v) is 21.6. The molecule has 0 aliphatic carbocycles. The number of carbonyl (C=O) groups excluding carboxylic acids is 2. The molecule has 1 N–H and O–H groups in total. The molecule has 8 nitrogen and oxygen atoms in total. The average Bonchev–Trinajstić information content (AvgIpc) is 3.64. The van der Waals surface area contributed by atoms with Crippen molar-refractivity contribution in [2.75, 3.05) is 25.0 Å². The Balaban J connectivity index is 1.29. The molecule has 206 valence electrons. The Morgan fingerprint density at radius 1 is 0.950 bits per heavy atom. The fraction of sp³-hybridized carbons (Fsp3) is 0.241. The fourth-order valence-corrected chi connectivity index (χ4v) is 4.49. The van der Waals surface area contributed by atoms with Crippen molar-refractivity contribution < 1.29 is 27.5 Å². The van der Waals surface area contributed by atoms with Gasteiger partial charge in [0.05, 0.1) is 18.5 Å². The monoisotopic (exact) mass is 549 g/mol. The predicted molar refractivity (Wildman–Crippen MR) is 142 cm³/mol. The summed E-state index contributed by atoms with van der Waals surface area (Å²) in [4.78, 5) is 31.5. The first-order valence-electron chi connectivity index (χ1n) is 12.8. The van der Waals surface area contributed by atoms with Gasteiger partial charge in [-0.2, -0.15) is 13.2 Å².